The van der Waals surface area contributed by atoms with Gasteiger partial charge in [0, 0.05) is 16.6 Å². The molecule has 3 heteroatoms. The van der Waals surface area contributed by atoms with E-state index in [1.807, 2.05) is 0 Å². The molecule has 2 aromatic rings. The zero-order chi connectivity index (χ0) is 13.6. The molecule has 1 aromatic carbocycles. The molecule has 0 saturated heterocycles. The van der Waals surface area contributed by atoms with Crippen molar-refractivity contribution in [2.45, 2.75) is 45.4 Å². The summed E-state index contributed by atoms with van der Waals surface area (Å²) in [5.74, 6) is -0.534. The Balaban J connectivity index is 2.21. The van der Waals surface area contributed by atoms with Crippen LogP contribution in [0.5, 0.6) is 0 Å². The lowest BCUT2D eigenvalue weighted by atomic mass is 9.82. The predicted molar refractivity (Wildman–Crippen MR) is 75.7 cm³/mol. The Morgan fingerprint density at radius 1 is 1.42 bits per heavy atom. The number of carboxylic acid groups (broad SMARTS) is 1. The van der Waals surface area contributed by atoms with Crippen LogP contribution >= 0.6 is 0 Å². The summed E-state index contributed by atoms with van der Waals surface area (Å²) in [7, 11) is 0. The van der Waals surface area contributed by atoms with Crippen LogP contribution in [0.2, 0.25) is 0 Å². The number of carbonyl (C=O) groups is 1. The largest absolute Gasteiger partial charge is 0.481 e. The van der Waals surface area contributed by atoms with Crippen LogP contribution in [0, 0.1) is 13.8 Å². The summed E-state index contributed by atoms with van der Waals surface area (Å²) in [4.78, 5) is 14.6. The van der Waals surface area contributed by atoms with Crippen LogP contribution in [-0.2, 0) is 11.2 Å². The average Bonchev–Trinajstić information content (AvgIpc) is 2.67. The van der Waals surface area contributed by atoms with Crippen LogP contribution in [0.4, 0.5) is 0 Å². The molecule has 1 aliphatic rings. The first-order valence-electron chi connectivity index (χ1n) is 6.89. The lowest BCUT2D eigenvalue weighted by Crippen LogP contribution is -2.12. The maximum atomic E-state index is 11.1. The average molecular weight is 257 g/mol. The zero-order valence-electron chi connectivity index (χ0n) is 11.4. The summed E-state index contributed by atoms with van der Waals surface area (Å²) in [6.45, 7) is 4.22. The van der Waals surface area contributed by atoms with Gasteiger partial charge in [-0.15, -0.1) is 0 Å². The summed E-state index contributed by atoms with van der Waals surface area (Å²) in [5, 5.41) is 10.4. The zero-order valence-corrected chi connectivity index (χ0v) is 11.4. The van der Waals surface area contributed by atoms with Crippen LogP contribution in [0.1, 0.15) is 47.6 Å². The van der Waals surface area contributed by atoms with Gasteiger partial charge in [-0.1, -0.05) is 6.07 Å². The van der Waals surface area contributed by atoms with Gasteiger partial charge in [0.2, 0.25) is 0 Å². The molecular weight excluding hydrogens is 238 g/mol. The number of nitrogens with one attached hydrogen (secondary N) is 1. The number of hydrogen-bond acceptors (Lipinski definition) is 1. The Hall–Kier alpha value is -1.77. The maximum Gasteiger partial charge on any atom is 0.303 e. The Bertz CT molecular complexity index is 654. The Kier molecular flexibility index (Phi) is 2.85. The van der Waals surface area contributed by atoms with Crippen LogP contribution in [0.15, 0.2) is 12.1 Å². The molecule has 3 rings (SSSR count). The monoisotopic (exact) mass is 257 g/mol. The number of benzene rings is 1. The molecule has 1 aliphatic carbocycles. The minimum Gasteiger partial charge on any atom is -0.481 e. The number of fused-ring (bicyclic) bond motifs is 3. The minimum absolute atomic E-state index is 0.163. The van der Waals surface area contributed by atoms with Gasteiger partial charge in [0.15, 0.2) is 0 Å². The molecule has 3 nitrogen and oxygen atoms in total. The fourth-order valence-electron chi connectivity index (χ4n) is 3.54. The third kappa shape index (κ3) is 2.03. The van der Waals surface area contributed by atoms with Crippen LogP contribution in [0.3, 0.4) is 0 Å². The first kappa shape index (κ1) is 12.3. The Labute approximate surface area is 112 Å². The third-order valence-corrected chi connectivity index (χ3v) is 4.17. The topological polar surface area (TPSA) is 53.1 Å². The van der Waals surface area contributed by atoms with E-state index in [0.717, 1.165) is 19.3 Å². The van der Waals surface area contributed by atoms with Gasteiger partial charge in [-0.2, -0.15) is 0 Å². The molecule has 0 spiro atoms. The van der Waals surface area contributed by atoms with Crippen molar-refractivity contribution in [2.24, 2.45) is 0 Å². The fraction of sp³-hybridized carbons (Fsp3) is 0.438. The third-order valence-electron chi connectivity index (χ3n) is 4.17. The van der Waals surface area contributed by atoms with Gasteiger partial charge in [0.25, 0.3) is 0 Å². The van der Waals surface area contributed by atoms with E-state index in [-0.39, 0.29) is 12.3 Å². The number of rotatable bonds is 2. The van der Waals surface area contributed by atoms with E-state index in [4.69, 9.17) is 5.11 Å². The summed E-state index contributed by atoms with van der Waals surface area (Å²) in [5.41, 5.74) is 6.19. The SMILES string of the molecule is Cc1cc(C)c2c3c([nH]c2c1)CCCC3CC(=O)O. The van der Waals surface area contributed by atoms with Gasteiger partial charge in [-0.3, -0.25) is 4.79 Å². The van der Waals surface area contributed by atoms with Gasteiger partial charge in [0.1, 0.15) is 0 Å². The molecular formula is C16H19NO2. The predicted octanol–water partition coefficient (Wildman–Crippen LogP) is 3.68. The lowest BCUT2D eigenvalue weighted by molar-refractivity contribution is -0.137. The second-order valence-corrected chi connectivity index (χ2v) is 5.71. The smallest absolute Gasteiger partial charge is 0.303 e. The normalized spacial score (nSPS) is 18.5. The van der Waals surface area contributed by atoms with Crippen molar-refractivity contribution in [3.8, 4) is 0 Å². The van der Waals surface area contributed by atoms with Crippen molar-refractivity contribution in [1.82, 2.24) is 4.98 Å². The second kappa shape index (κ2) is 4.41. The van der Waals surface area contributed by atoms with E-state index < -0.39 is 5.97 Å². The van der Waals surface area contributed by atoms with Crippen molar-refractivity contribution in [3.05, 3.63) is 34.5 Å². The molecule has 1 unspecified atom stereocenters. The Morgan fingerprint density at radius 2 is 2.21 bits per heavy atom. The minimum atomic E-state index is -0.697. The van der Waals surface area contributed by atoms with Crippen molar-refractivity contribution in [3.63, 3.8) is 0 Å². The highest BCUT2D eigenvalue weighted by Crippen LogP contribution is 2.40. The summed E-state index contributed by atoms with van der Waals surface area (Å²) < 4.78 is 0. The molecule has 19 heavy (non-hydrogen) atoms. The fourth-order valence-corrected chi connectivity index (χ4v) is 3.54. The van der Waals surface area contributed by atoms with E-state index in [0.29, 0.717) is 0 Å². The highest BCUT2D eigenvalue weighted by atomic mass is 16.4. The molecule has 2 N–H and O–H groups in total. The Morgan fingerprint density at radius 3 is 2.95 bits per heavy atom. The number of aliphatic carboxylic acids is 1. The number of hydrogen-bond donors (Lipinski definition) is 2. The van der Waals surface area contributed by atoms with E-state index in [9.17, 15) is 4.79 Å². The number of aromatic nitrogens is 1. The molecule has 100 valence electrons. The van der Waals surface area contributed by atoms with Gasteiger partial charge in [-0.05, 0) is 61.8 Å². The molecule has 0 saturated carbocycles. The van der Waals surface area contributed by atoms with Gasteiger partial charge in [0.05, 0.1) is 6.42 Å². The first-order valence-corrected chi connectivity index (χ1v) is 6.89. The van der Waals surface area contributed by atoms with Crippen LogP contribution < -0.4 is 0 Å². The molecule has 1 atom stereocenters. The molecule has 0 radical (unpaired) electrons. The van der Waals surface area contributed by atoms with Crippen molar-refractivity contribution < 1.29 is 9.90 Å². The standard InChI is InChI=1S/C16H19NO2/c1-9-6-10(2)15-13(7-9)17-12-5-3-4-11(16(12)15)8-14(18)19/h6-7,11,17H,3-5,8H2,1-2H3,(H,18,19). The maximum absolute atomic E-state index is 11.1. The van der Waals surface area contributed by atoms with E-state index in [2.05, 4.69) is 31.0 Å². The molecule has 1 heterocycles. The van der Waals surface area contributed by atoms with E-state index in [1.165, 1.54) is 33.3 Å². The molecule has 0 fully saturated rings. The summed E-state index contributed by atoms with van der Waals surface area (Å²) in [6, 6.07) is 4.35. The number of H-pyrrole nitrogens is 1. The first-order chi connectivity index (χ1) is 9.06. The van der Waals surface area contributed by atoms with Crippen molar-refractivity contribution in [2.75, 3.05) is 0 Å². The number of aromatic amines is 1. The molecule has 1 aromatic heterocycles. The van der Waals surface area contributed by atoms with Gasteiger partial charge >= 0.3 is 5.97 Å². The molecule has 0 aliphatic heterocycles. The van der Waals surface area contributed by atoms with E-state index >= 15 is 0 Å². The number of aryl methyl sites for hydroxylation is 3. The second-order valence-electron chi connectivity index (χ2n) is 5.71. The molecule has 0 bridgehead atoms. The highest BCUT2D eigenvalue weighted by molar-refractivity contribution is 5.89. The van der Waals surface area contributed by atoms with Crippen LogP contribution in [-0.4, -0.2) is 16.1 Å². The van der Waals surface area contributed by atoms with E-state index in [1.54, 1.807) is 0 Å². The quantitative estimate of drug-likeness (QED) is 0.862. The van der Waals surface area contributed by atoms with Gasteiger partial charge in [-0.25, -0.2) is 0 Å². The summed E-state index contributed by atoms with van der Waals surface area (Å²) in [6.07, 6.45) is 3.35. The summed E-state index contributed by atoms with van der Waals surface area (Å²) >= 11 is 0. The van der Waals surface area contributed by atoms with Crippen LogP contribution in [0.25, 0.3) is 10.9 Å². The molecule has 0 amide bonds. The highest BCUT2D eigenvalue weighted by Gasteiger charge is 2.27. The number of carboxylic acids is 1. The van der Waals surface area contributed by atoms with Crippen molar-refractivity contribution >= 4 is 16.9 Å². The lowest BCUT2D eigenvalue weighted by Gasteiger charge is -2.22. The van der Waals surface area contributed by atoms with Crippen molar-refractivity contribution in [1.29, 1.82) is 0 Å². The van der Waals surface area contributed by atoms with Gasteiger partial charge < -0.3 is 10.1 Å².